The summed E-state index contributed by atoms with van der Waals surface area (Å²) in [4.78, 5) is 170. The summed E-state index contributed by atoms with van der Waals surface area (Å²) < 4.78 is 30.2. The number of fused-ring (bicyclic) bond motifs is 5. The van der Waals surface area contributed by atoms with Gasteiger partial charge in [-0.2, -0.15) is 23.5 Å². The van der Waals surface area contributed by atoms with Crippen molar-refractivity contribution in [3.05, 3.63) is 119 Å². The van der Waals surface area contributed by atoms with Crippen LogP contribution in [0, 0.1) is 29.5 Å². The molecule has 3 aromatic carbocycles. The summed E-state index contributed by atoms with van der Waals surface area (Å²) in [5, 5.41) is 37.1. The van der Waals surface area contributed by atoms with E-state index in [0.29, 0.717) is 96.5 Å². The topological polar surface area (TPSA) is 403 Å². The van der Waals surface area contributed by atoms with Crippen molar-refractivity contribution in [1.29, 1.82) is 0 Å². The van der Waals surface area contributed by atoms with E-state index < -0.39 is 138 Å². The van der Waals surface area contributed by atoms with Crippen LogP contribution in [-0.2, 0) is 83.5 Å². The Morgan fingerprint density at radius 1 is 0.723 bits per heavy atom. The van der Waals surface area contributed by atoms with Gasteiger partial charge in [-0.05, 0) is 148 Å². The Labute approximate surface area is 592 Å². The first kappa shape index (κ1) is 76.3. The molecule has 5 aromatic rings. The van der Waals surface area contributed by atoms with Gasteiger partial charge in [-0.15, -0.1) is 0 Å². The average Bonchev–Trinajstić information content (AvgIpc) is 1.74. The first-order valence-electron chi connectivity index (χ1n) is 34.5. The van der Waals surface area contributed by atoms with Gasteiger partial charge in [-0.3, -0.25) is 52.7 Å². The number of benzene rings is 3. The number of halogens is 2. The molecule has 4 unspecified atom stereocenters. The summed E-state index contributed by atoms with van der Waals surface area (Å²) in [5.41, 5.74) is 15.2. The highest BCUT2D eigenvalue weighted by Gasteiger charge is 2.44. The van der Waals surface area contributed by atoms with Gasteiger partial charge in [0.15, 0.2) is 5.78 Å². The molecule has 4 heterocycles. The molecule has 2 aromatic heterocycles. The molecule has 2 aliphatic heterocycles. The monoisotopic (exact) mass is 1440 g/mol. The molecule has 4 aliphatic rings. The second-order valence-electron chi connectivity index (χ2n) is 26.9. The van der Waals surface area contributed by atoms with E-state index in [1.54, 1.807) is 0 Å². The molecule has 14 N–H and O–H groups in total. The van der Waals surface area contributed by atoms with Crippen molar-refractivity contribution in [3.63, 3.8) is 0 Å². The van der Waals surface area contributed by atoms with E-state index in [1.807, 2.05) is 24.3 Å². The molecular formula is C71H91F2N13O13S2. The summed E-state index contributed by atoms with van der Waals surface area (Å²) >= 11 is 2.89. The number of aliphatic carboxylic acids is 1. The van der Waals surface area contributed by atoms with Gasteiger partial charge in [0.05, 0.1) is 31.3 Å². The molecule has 9 rings (SSSR count). The molecule has 26 nitrogen and oxygen atoms in total. The van der Waals surface area contributed by atoms with Crippen molar-refractivity contribution in [1.82, 2.24) is 56.7 Å². The number of H-pyrrole nitrogens is 2. The van der Waals surface area contributed by atoms with Gasteiger partial charge in [0.25, 0.3) is 0 Å². The summed E-state index contributed by atoms with van der Waals surface area (Å²) in [6.07, 6.45) is 4.90. The van der Waals surface area contributed by atoms with Gasteiger partial charge < -0.3 is 73.3 Å². The van der Waals surface area contributed by atoms with E-state index in [2.05, 4.69) is 46.9 Å². The Morgan fingerprint density at radius 3 is 2.13 bits per heavy atom. The average molecular weight is 1440 g/mol. The van der Waals surface area contributed by atoms with Crippen LogP contribution in [-0.4, -0.2) is 187 Å². The molecule has 30 heteroatoms. The van der Waals surface area contributed by atoms with Crippen LogP contribution in [0.5, 0.6) is 5.75 Å². The number of hydrogen-bond acceptors (Lipinski definition) is 16. The van der Waals surface area contributed by atoms with Crippen molar-refractivity contribution in [2.75, 3.05) is 38.2 Å². The number of rotatable bonds is 15. The van der Waals surface area contributed by atoms with Crippen LogP contribution in [0.4, 0.5) is 8.78 Å². The summed E-state index contributed by atoms with van der Waals surface area (Å²) in [6.45, 7) is -0.226. The number of primary amides is 1. The highest BCUT2D eigenvalue weighted by atomic mass is 32.2. The van der Waals surface area contributed by atoms with E-state index >= 15 is 18.8 Å². The van der Waals surface area contributed by atoms with Crippen LogP contribution >= 0.6 is 23.5 Å². The van der Waals surface area contributed by atoms with Gasteiger partial charge in [0, 0.05) is 97.7 Å². The molecule has 12 atom stereocenters. The van der Waals surface area contributed by atoms with Gasteiger partial charge in [-0.1, -0.05) is 36.4 Å². The normalized spacial score (nSPS) is 26.5. The van der Waals surface area contributed by atoms with Crippen molar-refractivity contribution < 1.29 is 71.7 Å². The minimum absolute atomic E-state index is 0.0362. The standard InChI is InChI=1S/C71H91F2N13O13S2/c1-85-35-63(90)80-55(27-45-33-77-53-19-16-48(73)30-52(45)53)66(94)81-56(26-44-13-12-43-14-15-47(72)29-51(43)44)67(95)83-58(32-64(91)92)69(97)82-57(31-49-34-76-39-78-49)68(96)84-59(25-40-10-17-50(87)18-11-40)71(99)86-22-5-9-60(86)61(88)28-46(65(75)93)38-101-37-42-7-4-6-41(24-42)36-100-23-20-62(89)79-54(70(85)98)8-2-3-21-74/h4,6-7,10-11,16-19,24,30,33-34,39,43-44,46-47,51,54-60,77,87H,2-3,5,8-9,12-15,20-23,25-29,31-32,35-38,74H2,1H3,(H2,75,93)(H,76,78)(H,79,89)(H,80,90)(H,81,94)(H,82,97)(H,83,95)(H,84,96)(H,91,92)/t43?,44?,46-,47?,51?,54-,55-,56-,57-,58-,59-,60-/m0/s1. The minimum atomic E-state index is -1.97. The Kier molecular flexibility index (Phi) is 27.7. The number of carbonyl (C=O) groups is 11. The Morgan fingerprint density at radius 2 is 1.41 bits per heavy atom. The SMILES string of the molecule is CN1CC(=O)N[C@@H](Cc2c[nH]c3ccc(F)cc23)C(=O)N[C@@H](CC2CCC3CCC(F)CC32)C(=O)N[C@@H](CC(=O)O)C(=O)N[C@@H](Cc2cnc[nH]2)C(=O)N[C@@H](Cc2ccc(O)cc2)C(=O)N2CCC[C@H]2C(=O)C[C@H](C(N)=O)CSCc2cccc(c2)CSCCC(=O)N[C@@H](CCCCN)C1=O. The van der Waals surface area contributed by atoms with E-state index in [1.165, 1.54) is 96.7 Å². The number of amides is 9. The predicted molar refractivity (Wildman–Crippen MR) is 374 cm³/mol. The number of carbonyl (C=O) groups excluding carboxylic acids is 10. The maximum absolute atomic E-state index is 15.3. The first-order valence-corrected chi connectivity index (χ1v) is 36.8. The number of nitrogens with two attached hydrogens (primary N) is 2. The zero-order valence-electron chi connectivity index (χ0n) is 56.4. The lowest BCUT2D eigenvalue weighted by Gasteiger charge is -2.33. The summed E-state index contributed by atoms with van der Waals surface area (Å²) in [5.74, 6) is -10.0. The third-order valence-electron chi connectivity index (χ3n) is 19.5. The number of aromatic nitrogens is 3. The molecule has 2 saturated carbocycles. The lowest BCUT2D eigenvalue weighted by atomic mass is 9.75. The molecule has 2 aliphatic carbocycles. The molecule has 544 valence electrons. The zero-order valence-corrected chi connectivity index (χ0v) is 58.1. The highest BCUT2D eigenvalue weighted by Crippen LogP contribution is 2.48. The number of carboxylic acids is 1. The third-order valence-corrected chi connectivity index (χ3v) is 21.7. The van der Waals surface area contributed by atoms with E-state index in [-0.39, 0.29) is 93.6 Å². The summed E-state index contributed by atoms with van der Waals surface area (Å²) in [7, 11) is 1.36. The van der Waals surface area contributed by atoms with Crippen LogP contribution in [0.2, 0.25) is 0 Å². The summed E-state index contributed by atoms with van der Waals surface area (Å²) in [6, 6.07) is 7.22. The number of nitrogens with one attached hydrogen (secondary N) is 8. The van der Waals surface area contributed by atoms with E-state index in [4.69, 9.17) is 11.5 Å². The third kappa shape index (κ3) is 21.8. The number of likely N-dealkylation sites (N-methyl/N-ethyl adjacent to an activating group) is 1. The van der Waals surface area contributed by atoms with Crippen molar-refractivity contribution in [2.24, 2.45) is 35.1 Å². The van der Waals surface area contributed by atoms with Crippen LogP contribution in [0.25, 0.3) is 10.9 Å². The number of phenolic OH excluding ortho intramolecular Hbond substituents is 1. The smallest absolute Gasteiger partial charge is 0.305 e. The quantitative estimate of drug-likeness (QED) is 0.0661. The maximum Gasteiger partial charge on any atom is 0.305 e. The number of aromatic amines is 2. The lowest BCUT2D eigenvalue weighted by Crippen LogP contribution is -2.60. The number of phenols is 1. The molecule has 1 saturated heterocycles. The number of carboxylic acid groups (broad SMARTS) is 1. The fourth-order valence-electron chi connectivity index (χ4n) is 14.2. The number of thioether (sulfide) groups is 2. The molecular weight excluding hydrogens is 1340 g/mol. The van der Waals surface area contributed by atoms with E-state index in [0.717, 1.165) is 16.0 Å². The number of aromatic hydroxyl groups is 1. The minimum Gasteiger partial charge on any atom is -0.508 e. The molecule has 3 fully saturated rings. The van der Waals surface area contributed by atoms with Crippen LogP contribution in [0.1, 0.15) is 118 Å². The number of imidazole rings is 1. The van der Waals surface area contributed by atoms with Gasteiger partial charge in [0.2, 0.25) is 53.2 Å². The molecule has 0 radical (unpaired) electrons. The second kappa shape index (κ2) is 36.6. The van der Waals surface area contributed by atoms with Crippen LogP contribution in [0.15, 0.2) is 85.5 Å². The van der Waals surface area contributed by atoms with Gasteiger partial charge in [0.1, 0.15) is 54.0 Å². The van der Waals surface area contributed by atoms with Crippen molar-refractivity contribution in [2.45, 2.75) is 169 Å². The zero-order chi connectivity index (χ0) is 72.3. The predicted octanol–water partition coefficient (Wildman–Crippen LogP) is 3.91. The lowest BCUT2D eigenvalue weighted by molar-refractivity contribution is -0.142. The first-order chi connectivity index (χ1) is 48.5. The number of Topliss-reactive ketones (excluding diaryl/α,β-unsaturated/α-hetero) is 1. The molecule has 9 amide bonds. The Balaban J connectivity index is 1.05. The largest absolute Gasteiger partial charge is 0.508 e. The number of ketones is 1. The fourth-order valence-corrected chi connectivity index (χ4v) is 16.2. The Bertz CT molecular complexity index is 3750. The van der Waals surface area contributed by atoms with E-state index in [9.17, 15) is 53.0 Å². The number of nitrogens with zero attached hydrogens (tertiary/aromatic N) is 3. The van der Waals surface area contributed by atoms with Gasteiger partial charge in [-0.25, -0.2) is 13.8 Å². The number of hydrogen-bond donors (Lipinski definition) is 12. The molecule has 2 bridgehead atoms. The number of unbranched alkanes of at least 4 members (excludes halogenated alkanes) is 1. The maximum atomic E-state index is 15.3. The van der Waals surface area contributed by atoms with Crippen molar-refractivity contribution >= 4 is 99.3 Å². The molecule has 101 heavy (non-hydrogen) atoms. The van der Waals surface area contributed by atoms with Crippen LogP contribution in [0.3, 0.4) is 0 Å². The van der Waals surface area contributed by atoms with Crippen LogP contribution < -0.4 is 43.4 Å². The highest BCUT2D eigenvalue weighted by molar-refractivity contribution is 7.98. The molecule has 0 spiro atoms. The number of alkyl halides is 1. The second-order valence-corrected chi connectivity index (χ2v) is 29.1. The van der Waals surface area contributed by atoms with Crippen molar-refractivity contribution in [3.8, 4) is 5.75 Å². The fraction of sp³-hybridized carbons (Fsp3) is 0.521. The Hall–Kier alpha value is -8.90. The van der Waals surface area contributed by atoms with Gasteiger partial charge >= 0.3 is 5.97 Å².